The molecule has 4 rings (SSSR count). The molecule has 0 aromatic heterocycles. The van der Waals surface area contributed by atoms with E-state index in [1.165, 1.54) is 0 Å². The minimum atomic E-state index is -4.38. The number of hydrogen-bond acceptors (Lipinski definition) is 4. The van der Waals surface area contributed by atoms with Crippen LogP contribution in [0.5, 0.6) is 11.5 Å². The van der Waals surface area contributed by atoms with E-state index in [1.54, 1.807) is 38.5 Å². The first kappa shape index (κ1) is 24.6. The van der Waals surface area contributed by atoms with Gasteiger partial charge in [-0.1, -0.05) is 42.5 Å². The number of rotatable bonds is 7. The third-order valence-electron chi connectivity index (χ3n) is 5.99. The van der Waals surface area contributed by atoms with Gasteiger partial charge in [-0.3, -0.25) is 4.79 Å². The molecule has 0 saturated heterocycles. The second kappa shape index (κ2) is 10.4. The Morgan fingerprint density at radius 2 is 1.63 bits per heavy atom. The van der Waals surface area contributed by atoms with Crippen LogP contribution in [0.25, 0.3) is 0 Å². The van der Waals surface area contributed by atoms with Gasteiger partial charge in [0.15, 0.2) is 11.5 Å². The molecule has 0 radical (unpaired) electrons. The van der Waals surface area contributed by atoms with E-state index < -0.39 is 12.8 Å². The van der Waals surface area contributed by atoms with Crippen LogP contribution in [0.3, 0.4) is 0 Å². The number of benzene rings is 3. The predicted octanol–water partition coefficient (Wildman–Crippen LogP) is 5.57. The first-order valence-corrected chi connectivity index (χ1v) is 11.1. The van der Waals surface area contributed by atoms with Crippen molar-refractivity contribution in [3.05, 3.63) is 94.5 Å². The predicted molar refractivity (Wildman–Crippen MR) is 125 cm³/mol. The first-order valence-electron chi connectivity index (χ1n) is 11.1. The Kier molecular flexibility index (Phi) is 7.31. The highest BCUT2D eigenvalue weighted by Gasteiger charge is 2.34. The average Bonchev–Trinajstić information content (AvgIpc) is 2.87. The number of amides is 1. The maximum absolute atomic E-state index is 13.6. The Hall–Kier alpha value is -3.52. The lowest BCUT2D eigenvalue weighted by Crippen LogP contribution is -2.40. The van der Waals surface area contributed by atoms with E-state index in [2.05, 4.69) is 0 Å². The van der Waals surface area contributed by atoms with Gasteiger partial charge in [0.1, 0.15) is 6.61 Å². The number of fused-ring (bicyclic) bond motifs is 1. The minimum Gasteiger partial charge on any atom is -0.493 e. The van der Waals surface area contributed by atoms with E-state index >= 15 is 0 Å². The summed E-state index contributed by atoms with van der Waals surface area (Å²) in [6, 6.07) is 19.8. The van der Waals surface area contributed by atoms with E-state index in [4.69, 9.17) is 14.2 Å². The maximum atomic E-state index is 13.6. The highest BCUT2D eigenvalue weighted by Crippen LogP contribution is 2.41. The average molecular weight is 486 g/mol. The third-order valence-corrected chi connectivity index (χ3v) is 5.99. The molecule has 3 aromatic carbocycles. The van der Waals surface area contributed by atoms with Crippen LogP contribution in [0.4, 0.5) is 13.2 Å². The molecule has 1 heterocycles. The van der Waals surface area contributed by atoms with Crippen LogP contribution in [0, 0.1) is 0 Å². The lowest BCUT2D eigenvalue weighted by Gasteiger charge is -2.38. The standard InChI is InChI=1S/C27H26F3NO4/c1-33-23-14-21-12-13-31(25(19-6-4-3-5-7-19)22(21)15-24(23)34-2)26(32)20-10-8-18(9-11-20)16-35-17-27(28,29)30/h3-11,14-15,25H,12-13,16-17H2,1-2H3. The zero-order chi connectivity index (χ0) is 25.0. The van der Waals surface area contributed by atoms with Crippen LogP contribution in [-0.4, -0.2) is 44.4 Å². The molecule has 0 bridgehead atoms. The zero-order valence-electron chi connectivity index (χ0n) is 19.5. The summed E-state index contributed by atoms with van der Waals surface area (Å²) in [6.07, 6.45) is -3.73. The van der Waals surface area contributed by atoms with Gasteiger partial charge in [-0.05, 0) is 52.9 Å². The molecule has 0 saturated carbocycles. The number of ether oxygens (including phenoxy) is 3. The monoisotopic (exact) mass is 485 g/mol. The number of carbonyl (C=O) groups excluding carboxylic acids is 1. The Morgan fingerprint density at radius 3 is 2.26 bits per heavy atom. The van der Waals surface area contributed by atoms with Gasteiger partial charge in [-0.2, -0.15) is 13.2 Å². The molecular weight excluding hydrogens is 459 g/mol. The quantitative estimate of drug-likeness (QED) is 0.439. The number of hydrogen-bond donors (Lipinski definition) is 0. The van der Waals surface area contributed by atoms with Crippen molar-refractivity contribution in [3.8, 4) is 11.5 Å². The second-order valence-corrected chi connectivity index (χ2v) is 8.27. The molecule has 3 aromatic rings. The summed E-state index contributed by atoms with van der Waals surface area (Å²) in [7, 11) is 3.17. The van der Waals surface area contributed by atoms with Gasteiger partial charge in [0, 0.05) is 12.1 Å². The summed E-state index contributed by atoms with van der Waals surface area (Å²) in [5.74, 6) is 1.06. The fourth-order valence-electron chi connectivity index (χ4n) is 4.35. The molecule has 5 nitrogen and oxygen atoms in total. The second-order valence-electron chi connectivity index (χ2n) is 8.27. The molecule has 0 N–H and O–H groups in total. The van der Waals surface area contributed by atoms with Crippen LogP contribution >= 0.6 is 0 Å². The summed E-state index contributed by atoms with van der Waals surface area (Å²) in [5.41, 5.74) is 4.02. The number of methoxy groups -OCH3 is 2. The summed E-state index contributed by atoms with van der Waals surface area (Å²) >= 11 is 0. The van der Waals surface area contributed by atoms with E-state index in [0.29, 0.717) is 35.6 Å². The Bertz CT molecular complexity index is 1160. The van der Waals surface area contributed by atoms with Gasteiger partial charge < -0.3 is 19.1 Å². The molecule has 1 unspecified atom stereocenters. The molecule has 0 fully saturated rings. The number of carbonyl (C=O) groups is 1. The summed E-state index contributed by atoms with van der Waals surface area (Å²) < 4.78 is 52.7. The van der Waals surface area contributed by atoms with E-state index in [9.17, 15) is 18.0 Å². The molecule has 1 atom stereocenters. The summed E-state index contributed by atoms with van der Waals surface area (Å²) in [6.45, 7) is -0.996. The van der Waals surface area contributed by atoms with Crippen molar-refractivity contribution in [1.29, 1.82) is 0 Å². The Morgan fingerprint density at radius 1 is 0.971 bits per heavy atom. The normalized spacial score (nSPS) is 15.5. The van der Waals surface area contributed by atoms with Crippen LogP contribution in [-0.2, 0) is 17.8 Å². The van der Waals surface area contributed by atoms with Crippen molar-refractivity contribution in [2.45, 2.75) is 25.2 Å². The van der Waals surface area contributed by atoms with Crippen molar-refractivity contribution in [3.63, 3.8) is 0 Å². The van der Waals surface area contributed by atoms with Crippen LogP contribution in [0.2, 0.25) is 0 Å². The fourth-order valence-corrected chi connectivity index (χ4v) is 4.35. The van der Waals surface area contributed by atoms with Gasteiger partial charge >= 0.3 is 6.18 Å². The van der Waals surface area contributed by atoms with Gasteiger partial charge in [-0.15, -0.1) is 0 Å². The maximum Gasteiger partial charge on any atom is 0.411 e. The van der Waals surface area contributed by atoms with Crippen LogP contribution in [0.15, 0.2) is 66.7 Å². The van der Waals surface area contributed by atoms with Crippen LogP contribution < -0.4 is 9.47 Å². The molecule has 184 valence electrons. The first-order chi connectivity index (χ1) is 16.8. The smallest absolute Gasteiger partial charge is 0.411 e. The molecule has 1 amide bonds. The van der Waals surface area contributed by atoms with E-state index in [0.717, 1.165) is 16.7 Å². The summed E-state index contributed by atoms with van der Waals surface area (Å²) in [5, 5.41) is 0. The minimum absolute atomic E-state index is 0.165. The lowest BCUT2D eigenvalue weighted by molar-refractivity contribution is -0.176. The molecule has 0 aliphatic carbocycles. The molecule has 0 spiro atoms. The van der Waals surface area contributed by atoms with Crippen LogP contribution in [0.1, 0.15) is 38.7 Å². The molecule has 1 aliphatic heterocycles. The van der Waals surface area contributed by atoms with E-state index in [-0.39, 0.29) is 18.6 Å². The topological polar surface area (TPSA) is 48.0 Å². The molecule has 1 aliphatic rings. The SMILES string of the molecule is COc1cc2c(cc1OC)C(c1ccccc1)N(C(=O)c1ccc(COCC(F)(F)F)cc1)CC2. The highest BCUT2D eigenvalue weighted by molar-refractivity contribution is 5.95. The van der Waals surface area contributed by atoms with Gasteiger partial charge in [0.2, 0.25) is 0 Å². The van der Waals surface area contributed by atoms with Crippen molar-refractivity contribution in [2.75, 3.05) is 27.4 Å². The largest absolute Gasteiger partial charge is 0.493 e. The van der Waals surface area contributed by atoms with Gasteiger partial charge in [0.25, 0.3) is 5.91 Å². The number of alkyl halides is 3. The lowest BCUT2D eigenvalue weighted by atomic mass is 9.87. The number of halogens is 3. The van der Waals surface area contributed by atoms with Gasteiger partial charge in [0.05, 0.1) is 26.9 Å². The van der Waals surface area contributed by atoms with Crippen molar-refractivity contribution >= 4 is 5.91 Å². The Labute approximate surface area is 202 Å². The molecule has 35 heavy (non-hydrogen) atoms. The van der Waals surface area contributed by atoms with Gasteiger partial charge in [-0.25, -0.2) is 0 Å². The Balaban J connectivity index is 1.63. The van der Waals surface area contributed by atoms with Crippen molar-refractivity contribution < 1.29 is 32.2 Å². The summed E-state index contributed by atoms with van der Waals surface area (Å²) in [4.78, 5) is 15.4. The fraction of sp³-hybridized carbons (Fsp3) is 0.296. The van der Waals surface area contributed by atoms with Crippen molar-refractivity contribution in [2.24, 2.45) is 0 Å². The van der Waals surface area contributed by atoms with E-state index in [1.807, 2.05) is 47.4 Å². The zero-order valence-corrected chi connectivity index (χ0v) is 19.5. The number of nitrogens with zero attached hydrogens (tertiary/aromatic N) is 1. The van der Waals surface area contributed by atoms with Crippen molar-refractivity contribution in [1.82, 2.24) is 4.90 Å². The highest BCUT2D eigenvalue weighted by atomic mass is 19.4. The third kappa shape index (κ3) is 5.59. The molecule has 8 heteroatoms. The molecular formula is C27H26F3NO4.